The molecule has 2 aromatic rings. The van der Waals surface area contributed by atoms with Gasteiger partial charge in [0.05, 0.1) is 0 Å². The van der Waals surface area contributed by atoms with Gasteiger partial charge in [0, 0.05) is 38.4 Å². The maximum Gasteiger partial charge on any atom is 0.233 e. The summed E-state index contributed by atoms with van der Waals surface area (Å²) < 4.78 is 0. The third-order valence-electron chi connectivity index (χ3n) is 4.79. The average Bonchev–Trinajstić information content (AvgIpc) is 2.62. The van der Waals surface area contributed by atoms with E-state index in [4.69, 9.17) is 0 Å². The molecule has 0 aliphatic carbocycles. The molecular weight excluding hydrogens is 338 g/mol. The molecule has 0 unspecified atom stereocenters. The van der Waals surface area contributed by atoms with E-state index < -0.39 is 0 Å². The lowest BCUT2D eigenvalue weighted by molar-refractivity contribution is -0.136. The van der Waals surface area contributed by atoms with Crippen molar-refractivity contribution in [1.82, 2.24) is 9.80 Å². The van der Waals surface area contributed by atoms with Gasteiger partial charge in [0.25, 0.3) is 0 Å². The molecule has 0 spiro atoms. The molecule has 1 heterocycles. The highest BCUT2D eigenvalue weighted by molar-refractivity contribution is 6.03. The minimum Gasteiger partial charge on any atom is -0.340 e. The van der Waals surface area contributed by atoms with Crippen LogP contribution in [0.1, 0.15) is 23.1 Å². The Morgan fingerprint density at radius 3 is 2.19 bits per heavy atom. The van der Waals surface area contributed by atoms with Crippen molar-refractivity contribution >= 4 is 17.5 Å². The van der Waals surface area contributed by atoms with Crippen LogP contribution in [0.2, 0.25) is 0 Å². The lowest BCUT2D eigenvalue weighted by atomic mass is 10.1. The number of amides is 2. The molecule has 0 aromatic heterocycles. The number of anilines is 1. The van der Waals surface area contributed by atoms with Crippen molar-refractivity contribution in [3.63, 3.8) is 0 Å². The average molecular weight is 365 g/mol. The predicted octanol–water partition coefficient (Wildman–Crippen LogP) is 2.98. The van der Waals surface area contributed by atoms with E-state index in [1.165, 1.54) is 5.56 Å². The summed E-state index contributed by atoms with van der Waals surface area (Å²) in [6, 6.07) is 16.2. The van der Waals surface area contributed by atoms with Gasteiger partial charge in [-0.25, -0.2) is 0 Å². The van der Waals surface area contributed by atoms with E-state index in [1.54, 1.807) is 4.90 Å². The van der Waals surface area contributed by atoms with Crippen LogP contribution in [0.5, 0.6) is 0 Å². The second-order valence-corrected chi connectivity index (χ2v) is 7.24. The Bertz CT molecular complexity index is 776. The van der Waals surface area contributed by atoms with Crippen LogP contribution < -0.4 is 5.32 Å². The van der Waals surface area contributed by atoms with Crippen molar-refractivity contribution in [2.24, 2.45) is 0 Å². The van der Waals surface area contributed by atoms with E-state index in [1.807, 2.05) is 44.2 Å². The largest absolute Gasteiger partial charge is 0.340 e. The summed E-state index contributed by atoms with van der Waals surface area (Å²) in [5, 5.41) is 2.84. The van der Waals surface area contributed by atoms with Crippen LogP contribution in [0.4, 0.5) is 5.69 Å². The van der Waals surface area contributed by atoms with E-state index in [2.05, 4.69) is 28.4 Å². The Balaban J connectivity index is 1.45. The first kappa shape index (κ1) is 19.1. The fourth-order valence-corrected chi connectivity index (χ4v) is 3.50. The number of piperazine rings is 1. The van der Waals surface area contributed by atoms with Gasteiger partial charge < -0.3 is 10.2 Å². The first-order chi connectivity index (χ1) is 13.0. The van der Waals surface area contributed by atoms with Crippen LogP contribution in [-0.2, 0) is 16.1 Å². The molecule has 1 fully saturated rings. The molecule has 0 saturated carbocycles. The van der Waals surface area contributed by atoms with Gasteiger partial charge in [-0.1, -0.05) is 36.4 Å². The zero-order valence-corrected chi connectivity index (χ0v) is 16.1. The summed E-state index contributed by atoms with van der Waals surface area (Å²) in [6.45, 7) is 7.88. The number of benzene rings is 2. The van der Waals surface area contributed by atoms with Gasteiger partial charge in [0.15, 0.2) is 0 Å². The van der Waals surface area contributed by atoms with Gasteiger partial charge in [-0.05, 0) is 42.7 Å². The van der Waals surface area contributed by atoms with Gasteiger partial charge in [-0.15, -0.1) is 0 Å². The van der Waals surface area contributed by atoms with Crippen LogP contribution in [0.15, 0.2) is 48.5 Å². The zero-order valence-electron chi connectivity index (χ0n) is 16.1. The molecule has 142 valence electrons. The van der Waals surface area contributed by atoms with Crippen LogP contribution >= 0.6 is 0 Å². The quantitative estimate of drug-likeness (QED) is 0.829. The Morgan fingerprint density at radius 2 is 1.56 bits per heavy atom. The normalized spacial score (nSPS) is 14.8. The zero-order chi connectivity index (χ0) is 19.2. The van der Waals surface area contributed by atoms with Crippen LogP contribution in [0, 0.1) is 13.8 Å². The minimum atomic E-state index is -0.253. The summed E-state index contributed by atoms with van der Waals surface area (Å²) in [7, 11) is 0. The minimum absolute atomic E-state index is 0.101. The van der Waals surface area contributed by atoms with Crippen molar-refractivity contribution in [3.8, 4) is 0 Å². The van der Waals surface area contributed by atoms with E-state index in [0.29, 0.717) is 13.1 Å². The Kier molecular flexibility index (Phi) is 6.24. The number of carbonyl (C=O) groups is 2. The summed E-state index contributed by atoms with van der Waals surface area (Å²) in [6.07, 6.45) is -0.105. The van der Waals surface area contributed by atoms with E-state index in [-0.39, 0.29) is 18.2 Å². The molecule has 27 heavy (non-hydrogen) atoms. The van der Waals surface area contributed by atoms with Gasteiger partial charge in [-0.3, -0.25) is 14.5 Å². The van der Waals surface area contributed by atoms with Gasteiger partial charge in [0.1, 0.15) is 6.42 Å². The maximum atomic E-state index is 12.4. The second kappa shape index (κ2) is 8.82. The topological polar surface area (TPSA) is 52.7 Å². The number of rotatable bonds is 5. The Hall–Kier alpha value is -2.66. The number of hydrogen-bond donors (Lipinski definition) is 1. The molecule has 0 bridgehead atoms. The molecule has 5 nitrogen and oxygen atoms in total. The van der Waals surface area contributed by atoms with Gasteiger partial charge >= 0.3 is 0 Å². The highest BCUT2D eigenvalue weighted by Crippen LogP contribution is 2.14. The van der Waals surface area contributed by atoms with Gasteiger partial charge in [-0.2, -0.15) is 0 Å². The molecule has 3 rings (SSSR count). The molecule has 1 aliphatic rings. The fourth-order valence-electron chi connectivity index (χ4n) is 3.50. The highest BCUT2D eigenvalue weighted by atomic mass is 16.2. The predicted molar refractivity (Wildman–Crippen MR) is 107 cm³/mol. The fraction of sp³-hybridized carbons (Fsp3) is 0.364. The molecule has 1 N–H and O–H groups in total. The van der Waals surface area contributed by atoms with E-state index in [9.17, 15) is 9.59 Å². The third-order valence-corrected chi connectivity index (χ3v) is 4.79. The number of nitrogens with zero attached hydrogens (tertiary/aromatic N) is 2. The number of carbonyl (C=O) groups excluding carboxylic acids is 2. The Morgan fingerprint density at radius 1 is 0.926 bits per heavy atom. The Labute approximate surface area is 161 Å². The number of aryl methyl sites for hydroxylation is 2. The first-order valence-electron chi connectivity index (χ1n) is 9.42. The van der Waals surface area contributed by atoms with Crippen molar-refractivity contribution in [2.75, 3.05) is 31.5 Å². The molecular formula is C22H27N3O2. The molecule has 0 radical (unpaired) electrons. The number of nitrogens with one attached hydrogen (secondary N) is 1. The summed E-state index contributed by atoms with van der Waals surface area (Å²) in [5.74, 6) is -0.354. The molecule has 1 saturated heterocycles. The monoisotopic (exact) mass is 365 g/mol. The SMILES string of the molecule is Cc1cc(C)cc(NC(=O)CC(=O)N2CCN(Cc3ccccc3)CC2)c1. The second-order valence-electron chi connectivity index (χ2n) is 7.24. The molecule has 5 heteroatoms. The van der Waals surface area contributed by atoms with E-state index >= 15 is 0 Å². The first-order valence-corrected chi connectivity index (χ1v) is 9.42. The standard InChI is InChI=1S/C22H27N3O2/c1-17-12-18(2)14-20(13-17)23-21(26)15-22(27)25-10-8-24(9-11-25)16-19-6-4-3-5-7-19/h3-7,12-14H,8-11,15-16H2,1-2H3,(H,23,26). The highest BCUT2D eigenvalue weighted by Gasteiger charge is 2.22. The van der Waals surface area contributed by atoms with Crippen LogP contribution in [0.3, 0.4) is 0 Å². The lowest BCUT2D eigenvalue weighted by Crippen LogP contribution is -2.48. The van der Waals surface area contributed by atoms with Crippen molar-refractivity contribution in [3.05, 3.63) is 65.2 Å². The lowest BCUT2D eigenvalue weighted by Gasteiger charge is -2.34. The van der Waals surface area contributed by atoms with Gasteiger partial charge in [0.2, 0.25) is 11.8 Å². The third kappa shape index (κ3) is 5.66. The summed E-state index contributed by atoms with van der Waals surface area (Å²) in [4.78, 5) is 28.8. The maximum absolute atomic E-state index is 12.4. The molecule has 2 amide bonds. The smallest absolute Gasteiger partial charge is 0.233 e. The molecule has 1 aliphatic heterocycles. The molecule has 0 atom stereocenters. The summed E-state index contributed by atoms with van der Waals surface area (Å²) in [5.41, 5.74) is 4.21. The molecule has 2 aromatic carbocycles. The number of hydrogen-bond acceptors (Lipinski definition) is 3. The van der Waals surface area contributed by atoms with E-state index in [0.717, 1.165) is 36.4 Å². The van der Waals surface area contributed by atoms with Crippen LogP contribution in [0.25, 0.3) is 0 Å². The van der Waals surface area contributed by atoms with Crippen molar-refractivity contribution < 1.29 is 9.59 Å². The summed E-state index contributed by atoms with van der Waals surface area (Å²) >= 11 is 0. The van der Waals surface area contributed by atoms with Crippen molar-refractivity contribution in [1.29, 1.82) is 0 Å². The van der Waals surface area contributed by atoms with Crippen LogP contribution in [-0.4, -0.2) is 47.8 Å². The van der Waals surface area contributed by atoms with Crippen molar-refractivity contribution in [2.45, 2.75) is 26.8 Å².